The predicted molar refractivity (Wildman–Crippen MR) is 500 cm³/mol. The van der Waals surface area contributed by atoms with Crippen molar-refractivity contribution < 1.29 is 79.2 Å². The summed E-state index contributed by atoms with van der Waals surface area (Å²) in [6, 6.07) is 73.3. The van der Waals surface area contributed by atoms with Gasteiger partial charge in [0.15, 0.2) is 0 Å². The highest BCUT2D eigenvalue weighted by Gasteiger charge is 2.28. The highest BCUT2D eigenvalue weighted by atomic mass is 32.1. The molecule has 0 bridgehead atoms. The van der Waals surface area contributed by atoms with E-state index in [1.54, 1.807) is 48.5 Å². The van der Waals surface area contributed by atoms with Gasteiger partial charge in [-0.05, 0) is 219 Å². The van der Waals surface area contributed by atoms with E-state index in [9.17, 15) is 58.8 Å². The van der Waals surface area contributed by atoms with Crippen molar-refractivity contribution in [1.29, 1.82) is 0 Å². The van der Waals surface area contributed by atoms with Crippen LogP contribution in [-0.4, -0.2) is 87.9 Å². The minimum Gasteiger partial charge on any atom is -0.508 e. The number of fused-ring (bicyclic) bond motifs is 4. The molecule has 16 aromatic rings. The summed E-state index contributed by atoms with van der Waals surface area (Å²) in [7, 11) is 0. The SMILES string of the molecule is Cc1ccc(C(=O)c2sc3cc(O)ccc3c2-c2ccc(/C=C/C(=O)O)cc2)c(C)c1.Cc1ccc(C(=O)c2sc3cc(O)ccc3c2-c2ccc(/C=C/C(=O)O)cc2)c(C)c1.Cc1ccc(C(=O)c2sc3cc(O)ccc3c2-c2ccc(/C=C/C(=O)O)cc2)c(C)c1.Cc1ccc(C(=O)c2sc3cc(O)ccc3c2-c2ccc(/C=C/C(=O)O)cc2)c(C)c1. The first kappa shape index (κ1) is 87.0. The standard InChI is InChI=1S/4C26H20O4S/c4*1-15-3-10-20(16(2)13-15)25(30)26-24(21-11-9-19(27)14-22(21)31-26)18-7-4-17(5-8-18)6-12-23(28)29/h4*3-14,27H,1-2H3,(H,28,29)/b4*12-6+. The molecule has 0 aliphatic heterocycles. The van der Waals surface area contributed by atoms with Gasteiger partial charge in [0, 0.05) is 109 Å². The van der Waals surface area contributed by atoms with Crippen LogP contribution >= 0.6 is 45.3 Å². The smallest absolute Gasteiger partial charge is 0.328 e. The van der Waals surface area contributed by atoms with Gasteiger partial charge in [-0.2, -0.15) is 0 Å². The lowest BCUT2D eigenvalue weighted by Gasteiger charge is -2.08. The monoisotopic (exact) mass is 1710 g/mol. The second-order valence-corrected chi connectivity index (χ2v) is 33.9. The number of aliphatic carboxylic acids is 4. The Hall–Kier alpha value is -14.8. The van der Waals surface area contributed by atoms with Crippen LogP contribution in [0, 0.1) is 55.4 Å². The number of carboxylic acids is 4. The third kappa shape index (κ3) is 20.1. The van der Waals surface area contributed by atoms with E-state index in [0.29, 0.717) is 41.8 Å². The van der Waals surface area contributed by atoms with E-state index in [1.165, 1.54) is 69.7 Å². The van der Waals surface area contributed by atoms with E-state index < -0.39 is 23.9 Å². The molecule has 8 N–H and O–H groups in total. The molecule has 616 valence electrons. The topological polar surface area (TPSA) is 298 Å². The number of ketones is 4. The summed E-state index contributed by atoms with van der Waals surface area (Å²) in [5.74, 6) is -3.62. The number of carbonyl (C=O) groups excluding carboxylic acids is 4. The third-order valence-corrected chi connectivity index (χ3v) is 25.1. The van der Waals surface area contributed by atoms with Crippen LogP contribution in [-0.2, 0) is 19.2 Å². The van der Waals surface area contributed by atoms with Crippen LogP contribution < -0.4 is 0 Å². The van der Waals surface area contributed by atoms with Crippen molar-refractivity contribution in [3.8, 4) is 67.5 Å². The normalized spacial score (nSPS) is 11.3. The molecule has 16 nitrogen and oxygen atoms in total. The molecular formula is C104H80O16S4. The Morgan fingerprint density at radius 2 is 0.419 bits per heavy atom. The molecule has 0 saturated heterocycles. The molecular weight excluding hydrogens is 1630 g/mol. The van der Waals surface area contributed by atoms with Gasteiger partial charge in [-0.15, -0.1) is 45.3 Å². The Morgan fingerprint density at radius 3 is 0.589 bits per heavy atom. The molecule has 0 fully saturated rings. The first-order chi connectivity index (χ1) is 59.3. The predicted octanol–water partition coefficient (Wildman–Crippen LogP) is 24.9. The van der Waals surface area contributed by atoms with Crippen LogP contribution in [0.3, 0.4) is 0 Å². The lowest BCUT2D eigenvalue weighted by atomic mass is 9.95. The first-order valence-electron chi connectivity index (χ1n) is 38.9. The summed E-state index contributed by atoms with van der Waals surface area (Å²) < 4.78 is 3.33. The fraction of sp³-hybridized carbons (Fsp3) is 0.0769. The van der Waals surface area contributed by atoms with Gasteiger partial charge in [-0.25, -0.2) is 19.2 Å². The maximum atomic E-state index is 13.5. The number of aryl methyl sites for hydroxylation is 8. The Kier molecular flexibility index (Phi) is 26.6. The molecule has 20 heteroatoms. The van der Waals surface area contributed by atoms with Gasteiger partial charge >= 0.3 is 23.9 Å². The molecule has 4 heterocycles. The van der Waals surface area contributed by atoms with Crippen molar-refractivity contribution in [3.05, 3.63) is 375 Å². The van der Waals surface area contributed by atoms with Crippen molar-refractivity contribution in [2.45, 2.75) is 55.4 Å². The van der Waals surface area contributed by atoms with Crippen molar-refractivity contribution in [3.63, 3.8) is 0 Å². The van der Waals surface area contributed by atoms with Crippen molar-refractivity contribution in [1.82, 2.24) is 0 Å². The zero-order valence-electron chi connectivity index (χ0n) is 68.2. The summed E-state index contributed by atoms with van der Waals surface area (Å²) >= 11 is 5.46. The average molecular weight is 1710 g/mol. The van der Waals surface area contributed by atoms with E-state index in [2.05, 4.69) is 0 Å². The van der Waals surface area contributed by atoms with Gasteiger partial charge < -0.3 is 40.9 Å². The van der Waals surface area contributed by atoms with Crippen LogP contribution in [0.4, 0.5) is 0 Å². The number of hydrogen-bond donors (Lipinski definition) is 8. The van der Waals surface area contributed by atoms with Crippen molar-refractivity contribution in [2.24, 2.45) is 0 Å². The Morgan fingerprint density at radius 1 is 0.234 bits per heavy atom. The van der Waals surface area contributed by atoms with Crippen molar-refractivity contribution in [2.75, 3.05) is 0 Å². The molecule has 0 atom stereocenters. The quantitative estimate of drug-likeness (QED) is 0.0260. The van der Waals surface area contributed by atoms with E-state index in [-0.39, 0.29) is 46.1 Å². The molecule has 0 unspecified atom stereocenters. The Bertz CT molecular complexity index is 6220. The molecule has 0 amide bonds. The lowest BCUT2D eigenvalue weighted by molar-refractivity contribution is -0.132. The fourth-order valence-corrected chi connectivity index (χ4v) is 19.5. The van der Waals surface area contributed by atoms with Crippen LogP contribution in [0.25, 0.3) is 109 Å². The molecule has 0 aliphatic carbocycles. The number of hydrogen-bond acceptors (Lipinski definition) is 16. The number of carboxylic acid groups (broad SMARTS) is 4. The molecule has 4 aromatic heterocycles. The van der Waals surface area contributed by atoms with Gasteiger partial charge in [-0.1, -0.05) is 192 Å². The number of benzene rings is 12. The summed E-state index contributed by atoms with van der Waals surface area (Å²) in [6.45, 7) is 15.7. The highest BCUT2D eigenvalue weighted by Crippen LogP contribution is 2.47. The number of phenolic OH excluding ortho intramolecular Hbond substituents is 4. The number of aromatic hydroxyl groups is 4. The van der Waals surface area contributed by atoms with Gasteiger partial charge in [0.1, 0.15) is 23.0 Å². The lowest BCUT2D eigenvalue weighted by Crippen LogP contribution is -2.03. The van der Waals surface area contributed by atoms with Gasteiger partial charge in [0.25, 0.3) is 0 Å². The third-order valence-electron chi connectivity index (χ3n) is 20.5. The van der Waals surface area contributed by atoms with E-state index in [1.807, 2.05) is 250 Å². The van der Waals surface area contributed by atoms with Crippen molar-refractivity contribution >= 4 is 157 Å². The minimum atomic E-state index is -1.01. The maximum Gasteiger partial charge on any atom is 0.328 e. The van der Waals surface area contributed by atoms with E-state index >= 15 is 0 Å². The average Bonchev–Trinajstić information content (AvgIpc) is 1.63. The number of carbonyl (C=O) groups is 8. The van der Waals surface area contributed by atoms with Crippen LogP contribution in [0.5, 0.6) is 23.0 Å². The zero-order chi connectivity index (χ0) is 88.5. The zero-order valence-corrected chi connectivity index (χ0v) is 71.5. The first-order valence-corrected chi connectivity index (χ1v) is 42.2. The Labute approximate surface area is 729 Å². The molecule has 16 rings (SSSR count). The molecule has 0 spiro atoms. The van der Waals surface area contributed by atoms with Crippen LogP contribution in [0.2, 0.25) is 0 Å². The maximum absolute atomic E-state index is 13.5. The van der Waals surface area contributed by atoms with E-state index in [0.717, 1.165) is 176 Å². The largest absolute Gasteiger partial charge is 0.508 e. The van der Waals surface area contributed by atoms with Gasteiger partial charge in [0.2, 0.25) is 23.1 Å². The minimum absolute atomic E-state index is 0.0527. The van der Waals surface area contributed by atoms with Crippen LogP contribution in [0.15, 0.2) is 267 Å². The summed E-state index contributed by atoms with van der Waals surface area (Å²) in [5, 5.41) is 78.6. The van der Waals surface area contributed by atoms with Crippen LogP contribution in [0.1, 0.15) is 128 Å². The van der Waals surface area contributed by atoms with Gasteiger partial charge in [-0.3, -0.25) is 19.2 Å². The number of thiophene rings is 4. The van der Waals surface area contributed by atoms with Gasteiger partial charge in [0.05, 0.1) is 19.5 Å². The highest BCUT2D eigenvalue weighted by molar-refractivity contribution is 7.23. The summed E-state index contributed by atoms with van der Waals surface area (Å²) in [4.78, 5) is 99.7. The molecule has 12 aromatic carbocycles. The second-order valence-electron chi connectivity index (χ2n) is 29.7. The molecule has 0 aliphatic rings. The summed E-state index contributed by atoms with van der Waals surface area (Å²) in [6.07, 6.45) is 10.5. The van der Waals surface area contributed by atoms with E-state index in [4.69, 9.17) is 20.4 Å². The molecule has 124 heavy (non-hydrogen) atoms. The second kappa shape index (κ2) is 37.9. The molecule has 0 radical (unpaired) electrons. The molecule has 0 saturated carbocycles. The number of phenols is 4. The summed E-state index contributed by atoms with van der Waals surface area (Å²) in [5.41, 5.74) is 20.4. The Balaban J connectivity index is 0.000000142. The number of rotatable bonds is 20. The fourth-order valence-electron chi connectivity index (χ4n) is 14.6.